The van der Waals surface area contributed by atoms with Gasteiger partial charge in [-0.1, -0.05) is 6.07 Å². The molecule has 0 aliphatic heterocycles. The molecule has 1 atom stereocenters. The number of hydrogen-bond donors (Lipinski definition) is 2. The van der Waals surface area contributed by atoms with E-state index >= 15 is 0 Å². The molecule has 0 aromatic heterocycles. The van der Waals surface area contributed by atoms with Crippen LogP contribution in [0.1, 0.15) is 37.3 Å². The Balaban J connectivity index is 1.59. The Bertz CT molecular complexity index is 466. The standard InChI is InChI=1S/C15H20N2O/c1-10(11-5-6-11)16-15(18)17-14-8-7-12-3-2-4-13(12)9-14/h7-11H,2-6H2,1H3,(H2,16,17,18). The van der Waals surface area contributed by atoms with Crippen molar-refractivity contribution >= 4 is 11.7 Å². The lowest BCUT2D eigenvalue weighted by Gasteiger charge is -2.14. The molecule has 0 saturated heterocycles. The van der Waals surface area contributed by atoms with Crippen molar-refractivity contribution < 1.29 is 4.79 Å². The van der Waals surface area contributed by atoms with Crippen LogP contribution in [-0.4, -0.2) is 12.1 Å². The summed E-state index contributed by atoms with van der Waals surface area (Å²) in [6.45, 7) is 2.08. The highest BCUT2D eigenvalue weighted by Gasteiger charge is 2.28. The molecular weight excluding hydrogens is 224 g/mol. The van der Waals surface area contributed by atoms with Crippen LogP contribution in [-0.2, 0) is 12.8 Å². The van der Waals surface area contributed by atoms with Crippen molar-refractivity contribution in [2.24, 2.45) is 5.92 Å². The van der Waals surface area contributed by atoms with E-state index in [1.54, 1.807) is 0 Å². The molecule has 1 aromatic rings. The van der Waals surface area contributed by atoms with E-state index < -0.39 is 0 Å². The summed E-state index contributed by atoms with van der Waals surface area (Å²) < 4.78 is 0. The first-order valence-electron chi connectivity index (χ1n) is 6.92. The van der Waals surface area contributed by atoms with Gasteiger partial charge in [0.05, 0.1) is 0 Å². The second-order valence-corrected chi connectivity index (χ2v) is 5.56. The Hall–Kier alpha value is -1.51. The van der Waals surface area contributed by atoms with Gasteiger partial charge in [-0.3, -0.25) is 0 Å². The Morgan fingerprint density at radius 1 is 1.28 bits per heavy atom. The van der Waals surface area contributed by atoms with Crippen LogP contribution in [0.25, 0.3) is 0 Å². The van der Waals surface area contributed by atoms with Crippen molar-refractivity contribution in [3.05, 3.63) is 29.3 Å². The van der Waals surface area contributed by atoms with Gasteiger partial charge in [0.15, 0.2) is 0 Å². The van der Waals surface area contributed by atoms with Crippen LogP contribution in [0.15, 0.2) is 18.2 Å². The second-order valence-electron chi connectivity index (χ2n) is 5.56. The summed E-state index contributed by atoms with van der Waals surface area (Å²) in [4.78, 5) is 11.8. The molecule has 3 rings (SSSR count). The molecule has 18 heavy (non-hydrogen) atoms. The first-order chi connectivity index (χ1) is 8.72. The van der Waals surface area contributed by atoms with Gasteiger partial charge < -0.3 is 10.6 Å². The van der Waals surface area contributed by atoms with Gasteiger partial charge in [0.2, 0.25) is 0 Å². The second kappa shape index (κ2) is 4.63. The summed E-state index contributed by atoms with van der Waals surface area (Å²) in [5, 5.41) is 5.94. The van der Waals surface area contributed by atoms with E-state index in [1.165, 1.54) is 36.8 Å². The summed E-state index contributed by atoms with van der Waals surface area (Å²) in [6, 6.07) is 6.48. The molecule has 0 spiro atoms. The Morgan fingerprint density at radius 3 is 2.83 bits per heavy atom. The van der Waals surface area contributed by atoms with Crippen molar-refractivity contribution in [3.63, 3.8) is 0 Å². The third kappa shape index (κ3) is 2.50. The topological polar surface area (TPSA) is 41.1 Å². The normalized spacial score (nSPS) is 19.2. The minimum absolute atomic E-state index is 0.0765. The van der Waals surface area contributed by atoms with Gasteiger partial charge in [0.25, 0.3) is 0 Å². The number of carbonyl (C=O) groups is 1. The summed E-state index contributed by atoms with van der Waals surface area (Å²) in [7, 11) is 0. The molecule has 1 fully saturated rings. The van der Waals surface area contributed by atoms with Crippen LogP contribution in [0.2, 0.25) is 0 Å². The summed E-state index contributed by atoms with van der Waals surface area (Å²) in [5.74, 6) is 0.691. The van der Waals surface area contributed by atoms with Crippen molar-refractivity contribution in [2.45, 2.75) is 45.1 Å². The Labute approximate surface area is 108 Å². The van der Waals surface area contributed by atoms with E-state index in [0.29, 0.717) is 12.0 Å². The van der Waals surface area contributed by atoms with E-state index in [-0.39, 0.29) is 6.03 Å². The summed E-state index contributed by atoms with van der Waals surface area (Å²) in [5.41, 5.74) is 3.74. The van der Waals surface area contributed by atoms with E-state index in [2.05, 4.69) is 29.7 Å². The van der Waals surface area contributed by atoms with Crippen LogP contribution in [0.3, 0.4) is 0 Å². The first-order valence-corrected chi connectivity index (χ1v) is 6.92. The number of anilines is 1. The van der Waals surface area contributed by atoms with Crippen LogP contribution < -0.4 is 10.6 Å². The number of fused-ring (bicyclic) bond motifs is 1. The van der Waals surface area contributed by atoms with Gasteiger partial charge in [-0.25, -0.2) is 4.79 Å². The molecule has 1 saturated carbocycles. The molecule has 2 aliphatic rings. The number of nitrogens with one attached hydrogen (secondary N) is 2. The van der Waals surface area contributed by atoms with Crippen LogP contribution in [0.4, 0.5) is 10.5 Å². The lowest BCUT2D eigenvalue weighted by molar-refractivity contribution is 0.248. The molecule has 96 valence electrons. The van der Waals surface area contributed by atoms with Crippen molar-refractivity contribution in [2.75, 3.05) is 5.32 Å². The molecule has 1 aromatic carbocycles. The highest BCUT2D eigenvalue weighted by atomic mass is 16.2. The predicted octanol–water partition coefficient (Wildman–Crippen LogP) is 3.10. The number of amides is 2. The highest BCUT2D eigenvalue weighted by molar-refractivity contribution is 5.89. The highest BCUT2D eigenvalue weighted by Crippen LogP contribution is 2.32. The number of urea groups is 1. The fourth-order valence-electron chi connectivity index (χ4n) is 2.74. The van der Waals surface area contributed by atoms with E-state index in [0.717, 1.165) is 12.1 Å². The molecule has 3 nitrogen and oxygen atoms in total. The fourth-order valence-corrected chi connectivity index (χ4v) is 2.74. The molecule has 2 aliphatic carbocycles. The van der Waals surface area contributed by atoms with Crippen LogP contribution in [0, 0.1) is 5.92 Å². The SMILES string of the molecule is CC(NC(=O)Nc1ccc2c(c1)CCC2)C1CC1. The van der Waals surface area contributed by atoms with Gasteiger partial charge in [0, 0.05) is 11.7 Å². The minimum Gasteiger partial charge on any atom is -0.335 e. The molecule has 2 N–H and O–H groups in total. The zero-order chi connectivity index (χ0) is 12.5. The van der Waals surface area contributed by atoms with Crippen molar-refractivity contribution in [1.29, 1.82) is 0 Å². The number of rotatable bonds is 3. The van der Waals surface area contributed by atoms with Gasteiger partial charge in [-0.05, 0) is 68.2 Å². The lowest BCUT2D eigenvalue weighted by atomic mass is 10.1. The van der Waals surface area contributed by atoms with E-state index in [1.807, 2.05) is 6.07 Å². The maximum absolute atomic E-state index is 11.8. The Morgan fingerprint density at radius 2 is 2.06 bits per heavy atom. The monoisotopic (exact) mass is 244 g/mol. The number of carbonyl (C=O) groups excluding carboxylic acids is 1. The zero-order valence-corrected chi connectivity index (χ0v) is 10.8. The third-order valence-corrected chi connectivity index (χ3v) is 4.04. The fraction of sp³-hybridized carbons (Fsp3) is 0.533. The molecule has 0 radical (unpaired) electrons. The van der Waals surface area contributed by atoms with Crippen LogP contribution in [0.5, 0.6) is 0 Å². The van der Waals surface area contributed by atoms with E-state index in [4.69, 9.17) is 0 Å². The smallest absolute Gasteiger partial charge is 0.319 e. The van der Waals surface area contributed by atoms with Gasteiger partial charge in [-0.15, -0.1) is 0 Å². The lowest BCUT2D eigenvalue weighted by Crippen LogP contribution is -2.37. The van der Waals surface area contributed by atoms with Gasteiger partial charge in [0.1, 0.15) is 0 Å². The average Bonchev–Trinajstić information content (AvgIpc) is 3.08. The average molecular weight is 244 g/mol. The minimum atomic E-state index is -0.0765. The molecular formula is C15H20N2O. The summed E-state index contributed by atoms with van der Waals surface area (Å²) in [6.07, 6.45) is 6.07. The van der Waals surface area contributed by atoms with E-state index in [9.17, 15) is 4.79 Å². The molecule has 2 amide bonds. The number of benzene rings is 1. The molecule has 0 bridgehead atoms. The largest absolute Gasteiger partial charge is 0.335 e. The molecule has 3 heteroatoms. The third-order valence-electron chi connectivity index (χ3n) is 4.04. The maximum atomic E-state index is 11.8. The maximum Gasteiger partial charge on any atom is 0.319 e. The molecule has 1 unspecified atom stereocenters. The zero-order valence-electron chi connectivity index (χ0n) is 10.8. The number of hydrogen-bond acceptors (Lipinski definition) is 1. The van der Waals surface area contributed by atoms with Gasteiger partial charge in [-0.2, -0.15) is 0 Å². The van der Waals surface area contributed by atoms with Gasteiger partial charge >= 0.3 is 6.03 Å². The molecule has 0 heterocycles. The van der Waals surface area contributed by atoms with Crippen molar-refractivity contribution in [3.8, 4) is 0 Å². The first kappa shape index (κ1) is 11.6. The Kier molecular flexibility index (Phi) is 2.98. The quantitative estimate of drug-likeness (QED) is 0.842. The predicted molar refractivity (Wildman–Crippen MR) is 72.8 cm³/mol. The summed E-state index contributed by atoms with van der Waals surface area (Å²) >= 11 is 0. The van der Waals surface area contributed by atoms with Crippen molar-refractivity contribution in [1.82, 2.24) is 5.32 Å². The number of aryl methyl sites for hydroxylation is 2. The van der Waals surface area contributed by atoms with Crippen LogP contribution >= 0.6 is 0 Å².